The van der Waals surface area contributed by atoms with Crippen molar-refractivity contribution in [2.45, 2.75) is 20.8 Å². The second-order valence-corrected chi connectivity index (χ2v) is 29.5. The van der Waals surface area contributed by atoms with Gasteiger partial charge in [-0.2, -0.15) is 0 Å². The zero-order valence-corrected chi connectivity index (χ0v) is 24.4. The van der Waals surface area contributed by atoms with Crippen LogP contribution in [0.25, 0.3) is 0 Å². The number of benzene rings is 3. The van der Waals surface area contributed by atoms with Crippen LogP contribution in [0.4, 0.5) is 0 Å². The molecule has 0 nitrogen and oxygen atoms in total. The van der Waals surface area contributed by atoms with E-state index in [0.29, 0.717) is 13.3 Å². The van der Waals surface area contributed by atoms with Crippen molar-refractivity contribution in [1.82, 2.24) is 0 Å². The Morgan fingerprint density at radius 1 is 0.615 bits per heavy atom. The first-order chi connectivity index (χ1) is 12.4. The number of halogens is 4. The summed E-state index contributed by atoms with van der Waals surface area (Å²) in [6.45, 7) is 6.53. The monoisotopic (exact) mass is 812 g/mol. The van der Waals surface area contributed by atoms with E-state index in [2.05, 4.69) is 153 Å². The van der Waals surface area contributed by atoms with Gasteiger partial charge in [0.1, 0.15) is 15.9 Å². The maximum absolute atomic E-state index is 2.73. The van der Waals surface area contributed by atoms with Crippen LogP contribution < -0.4 is 29.2 Å². The molecule has 0 atom stereocenters. The van der Waals surface area contributed by atoms with E-state index in [4.69, 9.17) is 0 Å². The van der Waals surface area contributed by atoms with Gasteiger partial charge in [0.2, 0.25) is 0 Å². The molecule has 0 unspecified atom stereocenters. The van der Waals surface area contributed by atoms with Gasteiger partial charge >= 0.3 is 50.5 Å². The third-order valence-corrected chi connectivity index (χ3v) is 12.1. The van der Waals surface area contributed by atoms with E-state index in [1.165, 1.54) is 32.6 Å². The Hall–Kier alpha value is 1.01. The summed E-state index contributed by atoms with van der Waals surface area (Å²) in [7, 11) is 0. The molecule has 0 saturated carbocycles. The Morgan fingerprint density at radius 3 is 1.12 bits per heavy atom. The van der Waals surface area contributed by atoms with Crippen molar-refractivity contribution in [3.05, 3.63) is 89.5 Å². The Bertz CT molecular complexity index is 753. The summed E-state index contributed by atoms with van der Waals surface area (Å²) in [5.41, 5.74) is 3.97. The van der Waals surface area contributed by atoms with Crippen molar-refractivity contribution in [3.63, 3.8) is 0 Å². The van der Waals surface area contributed by atoms with Crippen LogP contribution in [-0.4, -0.2) is 0 Å². The summed E-state index contributed by atoms with van der Waals surface area (Å²) in [5, 5.41) is 4.32. The number of hydrogen-bond donors (Lipinski definition) is 0. The van der Waals surface area contributed by atoms with Crippen molar-refractivity contribution in [1.29, 1.82) is 0 Å². The normalized spacial score (nSPS) is 11.0. The van der Waals surface area contributed by atoms with Crippen LogP contribution in [-0.2, 0) is 0 Å². The summed E-state index contributed by atoms with van der Waals surface area (Å²) in [6, 6.07) is 27.0. The Labute approximate surface area is 200 Å². The van der Waals surface area contributed by atoms with Gasteiger partial charge in [0.15, 0.2) is 26.9 Å². The first-order valence-electron chi connectivity index (χ1n) is 8.09. The van der Waals surface area contributed by atoms with Crippen LogP contribution in [0, 0.1) is 20.8 Å². The van der Waals surface area contributed by atoms with Crippen LogP contribution in [0.2, 0.25) is 0 Å². The molecule has 0 aliphatic carbocycles. The summed E-state index contributed by atoms with van der Waals surface area (Å²) >= 11 is 8.03. The third-order valence-electron chi connectivity index (χ3n) is 4.07. The standard InChI is InChI=1S/C21H21IP.I3/c1-16-7-4-10-19(13-16)23(22,20-11-5-8-17(2)14-20)21-12-6-9-18(3)15-21;1-3-2/h4-15H,1-3H3;/q+1;-1. The molecule has 0 spiro atoms. The van der Waals surface area contributed by atoms with Gasteiger partial charge in [-0.3, -0.25) is 0 Å². The first-order valence-corrected chi connectivity index (χ1v) is 25.2. The van der Waals surface area contributed by atoms with E-state index in [1.807, 2.05) is 0 Å². The molecular formula is C21H21I4P. The molecule has 3 aromatic rings. The molecule has 3 aromatic carbocycles. The van der Waals surface area contributed by atoms with Crippen molar-refractivity contribution in [2.75, 3.05) is 0 Å². The van der Waals surface area contributed by atoms with Crippen LogP contribution in [0.3, 0.4) is 0 Å². The van der Waals surface area contributed by atoms with Gasteiger partial charge in [-0.05, 0) is 73.9 Å². The average Bonchev–Trinajstić information content (AvgIpc) is 2.62. The second kappa shape index (κ2) is 11.3. The Balaban J connectivity index is 0.000000758. The van der Waals surface area contributed by atoms with Gasteiger partial charge in [-0.25, -0.2) is 0 Å². The summed E-state index contributed by atoms with van der Waals surface area (Å²) in [6.07, 6.45) is 0. The maximum atomic E-state index is 2.73. The predicted octanol–water partition coefficient (Wildman–Crippen LogP) is 4.03. The van der Waals surface area contributed by atoms with Crippen molar-refractivity contribution >= 4 is 80.1 Å². The predicted molar refractivity (Wildman–Crippen MR) is 141 cm³/mol. The molecule has 0 amide bonds. The molecule has 0 aliphatic heterocycles. The molecule has 0 saturated heterocycles. The van der Waals surface area contributed by atoms with Crippen molar-refractivity contribution < 1.29 is 13.3 Å². The molecule has 0 aliphatic rings. The molecule has 3 rings (SSSR count). The van der Waals surface area contributed by atoms with Crippen LogP contribution >= 0.6 is 64.2 Å². The number of aryl methyl sites for hydroxylation is 3. The Kier molecular flexibility index (Phi) is 10.1. The van der Waals surface area contributed by atoms with Crippen molar-refractivity contribution in [3.8, 4) is 0 Å². The van der Waals surface area contributed by atoms with Crippen molar-refractivity contribution in [2.24, 2.45) is 0 Å². The van der Waals surface area contributed by atoms with E-state index in [9.17, 15) is 0 Å². The number of rotatable bonds is 3. The van der Waals surface area contributed by atoms with Gasteiger partial charge in [0.25, 0.3) is 0 Å². The summed E-state index contributed by atoms with van der Waals surface area (Å²) in [4.78, 5) is -1.64. The summed E-state index contributed by atoms with van der Waals surface area (Å²) in [5.74, 6) is 0. The molecule has 0 N–H and O–H groups in total. The van der Waals surface area contributed by atoms with Crippen LogP contribution in [0.5, 0.6) is 0 Å². The fourth-order valence-corrected chi connectivity index (χ4v) is 8.52. The van der Waals surface area contributed by atoms with E-state index >= 15 is 0 Å². The van der Waals surface area contributed by atoms with Gasteiger partial charge in [0.05, 0.1) is 0 Å². The molecule has 5 heteroatoms. The van der Waals surface area contributed by atoms with E-state index < -0.39 is 4.90 Å². The van der Waals surface area contributed by atoms with Gasteiger partial charge in [0, 0.05) is 0 Å². The van der Waals surface area contributed by atoms with Gasteiger partial charge < -0.3 is 0 Å². The quantitative estimate of drug-likeness (QED) is 0.277. The molecule has 0 bridgehead atoms. The fraction of sp³-hybridized carbons (Fsp3) is 0.143. The topological polar surface area (TPSA) is 0 Å². The zero-order chi connectivity index (χ0) is 19.2. The molecule has 26 heavy (non-hydrogen) atoms. The SMILES string of the molecule is Cc1cccc([P+](I)(c2cccc(C)c2)c2cccc(C)c2)c1.I[I-]I. The second-order valence-electron chi connectivity index (χ2n) is 6.16. The molecule has 138 valence electrons. The molecule has 0 heterocycles. The van der Waals surface area contributed by atoms with E-state index in [1.54, 1.807) is 0 Å². The first kappa shape index (κ1) is 23.3. The summed E-state index contributed by atoms with van der Waals surface area (Å²) < 4.78 is 0. The van der Waals surface area contributed by atoms with Crippen LogP contribution in [0.15, 0.2) is 72.8 Å². The van der Waals surface area contributed by atoms with E-state index in [0.717, 1.165) is 0 Å². The minimum absolute atomic E-state index is 0.530. The minimum atomic E-state index is -1.64. The molecular weight excluding hydrogens is 791 g/mol. The van der Waals surface area contributed by atoms with E-state index in [-0.39, 0.29) is 0 Å². The van der Waals surface area contributed by atoms with Gasteiger partial charge in [-0.1, -0.05) is 36.4 Å². The number of hydrogen-bond acceptors (Lipinski definition) is 0. The van der Waals surface area contributed by atoms with Crippen LogP contribution in [0.1, 0.15) is 16.7 Å². The molecule has 0 aromatic heterocycles. The third kappa shape index (κ3) is 6.00. The molecule has 0 fully saturated rings. The average molecular weight is 812 g/mol. The Morgan fingerprint density at radius 2 is 0.885 bits per heavy atom. The fourth-order valence-electron chi connectivity index (χ4n) is 2.91. The zero-order valence-electron chi connectivity index (χ0n) is 14.9. The molecule has 0 radical (unpaired) electrons. The van der Waals surface area contributed by atoms with Gasteiger partial charge in [-0.15, -0.1) is 0 Å².